The van der Waals surface area contributed by atoms with Gasteiger partial charge in [-0.1, -0.05) is 41.2 Å². The van der Waals surface area contributed by atoms with Gasteiger partial charge in [-0.05, 0) is 32.3 Å². The molecule has 7 nitrogen and oxygen atoms in total. The van der Waals surface area contributed by atoms with Gasteiger partial charge in [-0.25, -0.2) is 4.98 Å². The van der Waals surface area contributed by atoms with E-state index in [2.05, 4.69) is 15.4 Å². The van der Waals surface area contributed by atoms with Gasteiger partial charge >= 0.3 is 0 Å². The lowest BCUT2D eigenvalue weighted by Gasteiger charge is -2.22. The quantitative estimate of drug-likeness (QED) is 0.746. The van der Waals surface area contributed by atoms with Crippen LogP contribution in [0.15, 0.2) is 35.1 Å². The molecule has 1 aliphatic rings. The number of amides is 1. The number of aromatic nitrogens is 3. The van der Waals surface area contributed by atoms with E-state index in [0.29, 0.717) is 22.3 Å². The molecule has 2 aromatic heterocycles. The highest BCUT2D eigenvalue weighted by Gasteiger charge is 2.33. The number of hydrogen-bond acceptors (Lipinski definition) is 6. The Labute approximate surface area is 160 Å². The predicted octanol–water partition coefficient (Wildman–Crippen LogP) is 2.05. The van der Waals surface area contributed by atoms with Gasteiger partial charge in [0.1, 0.15) is 6.04 Å². The lowest BCUT2D eigenvalue weighted by molar-refractivity contribution is -0.122. The Bertz CT molecular complexity index is 1040. The number of nitrogens with zero attached hydrogens (tertiary/aromatic N) is 4. The van der Waals surface area contributed by atoms with Crippen molar-refractivity contribution in [2.75, 3.05) is 11.4 Å². The smallest absolute Gasteiger partial charge is 0.275 e. The molecule has 0 bridgehead atoms. The van der Waals surface area contributed by atoms with Gasteiger partial charge in [0.25, 0.3) is 5.56 Å². The number of hydrogen-bond donors (Lipinski definition) is 1. The minimum absolute atomic E-state index is 0.0104. The zero-order chi connectivity index (χ0) is 19.0. The van der Waals surface area contributed by atoms with Gasteiger partial charge in [-0.15, -0.1) is 5.10 Å². The van der Waals surface area contributed by atoms with Crippen LogP contribution in [0, 0.1) is 13.8 Å². The lowest BCUT2D eigenvalue weighted by atomic mass is 10.1. The van der Waals surface area contributed by atoms with Crippen molar-refractivity contribution in [3.8, 4) is 0 Å². The number of rotatable bonds is 4. The fourth-order valence-electron chi connectivity index (χ4n) is 3.31. The standard InChI is InChI=1S/C19H21N5O2S/c1-12-5-7-14(8-6-12)11-20-17(26)15-4-3-9-23(15)19-22-24-16(25)10-13(2)21-18(24)27-19/h5-8,10,15H,3-4,9,11H2,1-2H3,(H,20,26)/t15-/m1/s1. The van der Waals surface area contributed by atoms with E-state index in [1.165, 1.54) is 27.5 Å². The maximum atomic E-state index is 12.7. The summed E-state index contributed by atoms with van der Waals surface area (Å²) in [7, 11) is 0. The molecule has 0 unspecified atom stereocenters. The molecule has 0 spiro atoms. The third-order valence-electron chi connectivity index (χ3n) is 4.75. The summed E-state index contributed by atoms with van der Waals surface area (Å²) in [5.74, 6) is -0.0104. The molecule has 0 saturated carbocycles. The molecular weight excluding hydrogens is 362 g/mol. The first-order valence-corrected chi connectivity index (χ1v) is 9.80. The Morgan fingerprint density at radius 1 is 1.30 bits per heavy atom. The number of fused-ring (bicyclic) bond motifs is 1. The van der Waals surface area contributed by atoms with Crippen LogP contribution in [-0.2, 0) is 11.3 Å². The van der Waals surface area contributed by atoms with Gasteiger partial charge in [0, 0.05) is 24.8 Å². The molecular formula is C19H21N5O2S. The molecule has 1 amide bonds. The Balaban J connectivity index is 1.51. The molecule has 4 rings (SSSR count). The van der Waals surface area contributed by atoms with Crippen LogP contribution < -0.4 is 15.8 Å². The molecule has 1 aromatic carbocycles. The van der Waals surface area contributed by atoms with E-state index in [1.807, 2.05) is 36.1 Å². The van der Waals surface area contributed by atoms with Crippen LogP contribution in [0.25, 0.3) is 4.96 Å². The molecule has 27 heavy (non-hydrogen) atoms. The largest absolute Gasteiger partial charge is 0.350 e. The summed E-state index contributed by atoms with van der Waals surface area (Å²) < 4.78 is 1.31. The number of nitrogens with one attached hydrogen (secondary N) is 1. The van der Waals surface area contributed by atoms with E-state index in [1.54, 1.807) is 6.92 Å². The van der Waals surface area contributed by atoms with E-state index >= 15 is 0 Å². The second-order valence-electron chi connectivity index (χ2n) is 6.87. The van der Waals surface area contributed by atoms with Gasteiger partial charge in [0.15, 0.2) is 0 Å². The normalized spacial score (nSPS) is 16.8. The second-order valence-corrected chi connectivity index (χ2v) is 7.80. The fraction of sp³-hybridized carbons (Fsp3) is 0.368. The van der Waals surface area contributed by atoms with Gasteiger partial charge < -0.3 is 10.2 Å². The molecule has 1 atom stereocenters. The highest BCUT2D eigenvalue weighted by molar-refractivity contribution is 7.20. The van der Waals surface area contributed by atoms with Crippen molar-refractivity contribution in [1.29, 1.82) is 0 Å². The van der Waals surface area contributed by atoms with Crippen molar-refractivity contribution in [3.05, 3.63) is 57.5 Å². The minimum Gasteiger partial charge on any atom is -0.350 e. The first-order chi connectivity index (χ1) is 13.0. The number of carbonyl (C=O) groups is 1. The second kappa shape index (κ2) is 7.11. The van der Waals surface area contributed by atoms with E-state index in [-0.39, 0.29) is 17.5 Å². The maximum Gasteiger partial charge on any atom is 0.275 e. The number of aryl methyl sites for hydroxylation is 2. The first-order valence-electron chi connectivity index (χ1n) is 8.99. The molecule has 1 saturated heterocycles. The molecule has 1 N–H and O–H groups in total. The molecule has 1 fully saturated rings. The molecule has 8 heteroatoms. The summed E-state index contributed by atoms with van der Waals surface area (Å²) in [6, 6.07) is 9.32. The molecule has 1 aliphatic heterocycles. The zero-order valence-electron chi connectivity index (χ0n) is 15.3. The highest BCUT2D eigenvalue weighted by Crippen LogP contribution is 2.29. The third kappa shape index (κ3) is 3.57. The average Bonchev–Trinajstić information content (AvgIpc) is 3.27. The SMILES string of the molecule is Cc1ccc(CNC(=O)[C@H]2CCCN2c2nn3c(=O)cc(C)nc3s2)cc1. The van der Waals surface area contributed by atoms with Crippen molar-refractivity contribution in [2.45, 2.75) is 39.3 Å². The Hall–Kier alpha value is -2.74. The molecule has 3 aromatic rings. The molecule has 3 heterocycles. The summed E-state index contributed by atoms with van der Waals surface area (Å²) in [6.45, 7) is 5.08. The van der Waals surface area contributed by atoms with Gasteiger partial charge in [0.05, 0.1) is 0 Å². The Kier molecular flexibility index (Phi) is 4.65. The number of carbonyl (C=O) groups excluding carboxylic acids is 1. The minimum atomic E-state index is -0.271. The van der Waals surface area contributed by atoms with Crippen LogP contribution in [0.3, 0.4) is 0 Å². The van der Waals surface area contributed by atoms with Gasteiger partial charge in [-0.3, -0.25) is 9.59 Å². The van der Waals surface area contributed by atoms with E-state index in [4.69, 9.17) is 0 Å². The summed E-state index contributed by atoms with van der Waals surface area (Å²) in [4.78, 5) is 31.8. The molecule has 0 aliphatic carbocycles. The van der Waals surface area contributed by atoms with Crippen LogP contribution in [0.4, 0.5) is 5.13 Å². The maximum absolute atomic E-state index is 12.7. The van der Waals surface area contributed by atoms with Gasteiger partial charge in [0.2, 0.25) is 16.0 Å². The third-order valence-corrected chi connectivity index (χ3v) is 5.70. The lowest BCUT2D eigenvalue weighted by Crippen LogP contribution is -2.43. The summed E-state index contributed by atoms with van der Waals surface area (Å²) in [5.41, 5.74) is 2.75. The van der Waals surface area contributed by atoms with Gasteiger partial charge in [-0.2, -0.15) is 4.52 Å². The van der Waals surface area contributed by atoms with Crippen LogP contribution in [0.1, 0.15) is 29.7 Å². The van der Waals surface area contributed by atoms with Crippen LogP contribution in [0.2, 0.25) is 0 Å². The summed E-state index contributed by atoms with van der Waals surface area (Å²) in [6.07, 6.45) is 1.69. The van der Waals surface area contributed by atoms with Crippen molar-refractivity contribution in [3.63, 3.8) is 0 Å². The number of anilines is 1. The van der Waals surface area contributed by atoms with Crippen molar-refractivity contribution in [1.82, 2.24) is 19.9 Å². The topological polar surface area (TPSA) is 79.6 Å². The van der Waals surface area contributed by atoms with Crippen molar-refractivity contribution < 1.29 is 4.79 Å². The molecule has 0 radical (unpaired) electrons. The average molecular weight is 383 g/mol. The fourth-order valence-corrected chi connectivity index (χ4v) is 4.34. The van der Waals surface area contributed by atoms with Crippen molar-refractivity contribution in [2.24, 2.45) is 0 Å². The summed E-state index contributed by atoms with van der Waals surface area (Å²) >= 11 is 1.35. The predicted molar refractivity (Wildman–Crippen MR) is 105 cm³/mol. The monoisotopic (exact) mass is 383 g/mol. The Morgan fingerprint density at radius 3 is 2.85 bits per heavy atom. The van der Waals surface area contributed by atoms with E-state index in [0.717, 1.165) is 24.9 Å². The van der Waals surface area contributed by atoms with Crippen LogP contribution >= 0.6 is 11.3 Å². The molecule has 140 valence electrons. The van der Waals surface area contributed by atoms with E-state index in [9.17, 15) is 9.59 Å². The Morgan fingerprint density at radius 2 is 2.07 bits per heavy atom. The van der Waals surface area contributed by atoms with Crippen LogP contribution in [0.5, 0.6) is 0 Å². The highest BCUT2D eigenvalue weighted by atomic mass is 32.1. The van der Waals surface area contributed by atoms with Crippen LogP contribution in [-0.4, -0.2) is 33.1 Å². The summed E-state index contributed by atoms with van der Waals surface area (Å²) in [5, 5.41) is 8.09. The zero-order valence-corrected chi connectivity index (χ0v) is 16.1. The number of benzene rings is 1. The van der Waals surface area contributed by atoms with E-state index < -0.39 is 0 Å². The van der Waals surface area contributed by atoms with Crippen molar-refractivity contribution >= 4 is 27.3 Å². The first kappa shape index (κ1) is 17.7.